The van der Waals surface area contributed by atoms with Gasteiger partial charge in [-0.25, -0.2) is 4.79 Å². The van der Waals surface area contributed by atoms with Crippen LogP contribution in [0.25, 0.3) is 0 Å². The molecule has 184 valence electrons. The SMILES string of the molecule is CC/C=C/C1CCC(=O)C1CC=C=C(CC(OC1CCCCO1)C(=O)O)OC1CCCCO1. The molecule has 0 aromatic carbocycles. The minimum absolute atomic E-state index is 0.0311. The summed E-state index contributed by atoms with van der Waals surface area (Å²) in [5, 5.41) is 9.74. The van der Waals surface area contributed by atoms with E-state index in [1.807, 2.05) is 6.08 Å². The molecule has 0 bridgehead atoms. The quantitative estimate of drug-likeness (QED) is 0.265. The Bertz CT molecular complexity index is 725. The molecule has 2 heterocycles. The number of ether oxygens (including phenoxy) is 4. The zero-order valence-corrected chi connectivity index (χ0v) is 19.7. The molecule has 2 saturated heterocycles. The molecular formula is C26H38O7. The average molecular weight is 463 g/mol. The highest BCUT2D eigenvalue weighted by atomic mass is 16.7. The van der Waals surface area contributed by atoms with Crippen LogP contribution in [0.4, 0.5) is 0 Å². The summed E-state index contributed by atoms with van der Waals surface area (Å²) >= 11 is 0. The second-order valence-electron chi connectivity index (χ2n) is 9.00. The summed E-state index contributed by atoms with van der Waals surface area (Å²) in [5.74, 6) is -0.212. The van der Waals surface area contributed by atoms with Crippen molar-refractivity contribution in [3.05, 3.63) is 29.7 Å². The number of allylic oxidation sites excluding steroid dienone is 2. The first-order valence-electron chi connectivity index (χ1n) is 12.5. The van der Waals surface area contributed by atoms with Gasteiger partial charge in [0.15, 0.2) is 18.7 Å². The molecule has 0 aromatic rings. The summed E-state index contributed by atoms with van der Waals surface area (Å²) in [4.78, 5) is 24.3. The summed E-state index contributed by atoms with van der Waals surface area (Å²) in [6.07, 6.45) is 12.4. The van der Waals surface area contributed by atoms with E-state index >= 15 is 0 Å². The molecule has 3 aliphatic rings. The van der Waals surface area contributed by atoms with Crippen LogP contribution in [0.5, 0.6) is 0 Å². The summed E-state index contributed by atoms with van der Waals surface area (Å²) in [6, 6.07) is 0. The minimum atomic E-state index is -1.10. The van der Waals surface area contributed by atoms with Gasteiger partial charge in [-0.2, -0.15) is 0 Å². The molecular weight excluding hydrogens is 424 g/mol. The van der Waals surface area contributed by atoms with Crippen LogP contribution in [0.15, 0.2) is 29.7 Å². The van der Waals surface area contributed by atoms with Gasteiger partial charge in [0.2, 0.25) is 0 Å². The molecule has 1 saturated carbocycles. The molecule has 5 unspecified atom stereocenters. The van der Waals surface area contributed by atoms with Gasteiger partial charge in [0.1, 0.15) is 11.5 Å². The Morgan fingerprint density at radius 2 is 1.88 bits per heavy atom. The number of carboxylic acids is 1. The fourth-order valence-electron chi connectivity index (χ4n) is 4.55. The predicted octanol–water partition coefficient (Wildman–Crippen LogP) is 4.91. The first-order valence-corrected chi connectivity index (χ1v) is 12.5. The van der Waals surface area contributed by atoms with Gasteiger partial charge in [0.05, 0.1) is 13.0 Å². The number of aliphatic carboxylic acids is 1. The van der Waals surface area contributed by atoms with Gasteiger partial charge in [0, 0.05) is 25.4 Å². The lowest BCUT2D eigenvalue weighted by atomic mass is 9.91. The first-order chi connectivity index (χ1) is 16.1. The Hall–Kier alpha value is -1.92. The van der Waals surface area contributed by atoms with E-state index in [9.17, 15) is 14.7 Å². The molecule has 0 radical (unpaired) electrons. The lowest BCUT2D eigenvalue weighted by Gasteiger charge is -2.27. The van der Waals surface area contributed by atoms with Crippen LogP contribution in [0.1, 0.15) is 77.6 Å². The largest absolute Gasteiger partial charge is 0.479 e. The second-order valence-corrected chi connectivity index (χ2v) is 9.00. The van der Waals surface area contributed by atoms with E-state index in [-0.39, 0.29) is 24.0 Å². The standard InChI is InChI=1S/C26H38O7/c1-2-3-9-19-14-15-22(27)21(19)11-8-10-20(32-24-12-4-6-16-30-24)18-23(26(28)29)33-25-13-5-7-17-31-25/h3,8-9,19,21,23-25H,2,4-7,11-18H2,1H3,(H,28,29)/b9-3+. The third-order valence-electron chi connectivity index (χ3n) is 6.42. The Morgan fingerprint density at radius 3 is 2.52 bits per heavy atom. The van der Waals surface area contributed by atoms with Gasteiger partial charge in [-0.1, -0.05) is 24.8 Å². The maximum atomic E-state index is 12.4. The van der Waals surface area contributed by atoms with Gasteiger partial charge >= 0.3 is 5.97 Å². The highest BCUT2D eigenvalue weighted by molar-refractivity contribution is 5.83. The molecule has 3 fully saturated rings. The van der Waals surface area contributed by atoms with Gasteiger partial charge in [-0.15, -0.1) is 0 Å². The monoisotopic (exact) mass is 462 g/mol. The lowest BCUT2D eigenvalue weighted by molar-refractivity contribution is -0.203. The van der Waals surface area contributed by atoms with Crippen molar-refractivity contribution in [1.82, 2.24) is 0 Å². The van der Waals surface area contributed by atoms with Gasteiger partial charge in [0.25, 0.3) is 0 Å². The zero-order valence-electron chi connectivity index (χ0n) is 19.7. The van der Waals surface area contributed by atoms with E-state index in [0.717, 1.165) is 44.9 Å². The Balaban J connectivity index is 1.71. The van der Waals surface area contributed by atoms with Gasteiger partial charge < -0.3 is 24.1 Å². The average Bonchev–Trinajstić information content (AvgIpc) is 3.17. The summed E-state index contributed by atoms with van der Waals surface area (Å²) in [6.45, 7) is 3.29. The highest BCUT2D eigenvalue weighted by Gasteiger charge is 2.32. The Morgan fingerprint density at radius 1 is 1.15 bits per heavy atom. The third kappa shape index (κ3) is 8.42. The molecule has 0 amide bonds. The fourth-order valence-corrected chi connectivity index (χ4v) is 4.55. The van der Waals surface area contributed by atoms with Crippen molar-refractivity contribution in [2.75, 3.05) is 13.2 Å². The van der Waals surface area contributed by atoms with E-state index in [1.54, 1.807) is 0 Å². The molecule has 3 rings (SSSR count). The summed E-state index contributed by atoms with van der Waals surface area (Å²) in [7, 11) is 0. The van der Waals surface area contributed by atoms with E-state index in [2.05, 4.69) is 24.8 Å². The van der Waals surface area contributed by atoms with Crippen molar-refractivity contribution in [3.8, 4) is 0 Å². The maximum absolute atomic E-state index is 12.4. The smallest absolute Gasteiger partial charge is 0.333 e. The Kier molecular flexibility index (Phi) is 10.7. The van der Waals surface area contributed by atoms with Crippen LogP contribution < -0.4 is 0 Å². The summed E-state index contributed by atoms with van der Waals surface area (Å²) in [5.41, 5.74) is 3.14. The maximum Gasteiger partial charge on any atom is 0.333 e. The third-order valence-corrected chi connectivity index (χ3v) is 6.42. The number of hydrogen-bond acceptors (Lipinski definition) is 6. The topological polar surface area (TPSA) is 91.3 Å². The molecule has 7 nitrogen and oxygen atoms in total. The molecule has 0 aromatic heterocycles. The molecule has 1 aliphatic carbocycles. The number of ketones is 1. The molecule has 33 heavy (non-hydrogen) atoms. The van der Waals surface area contributed by atoms with Crippen LogP contribution in [0.2, 0.25) is 0 Å². The number of carbonyl (C=O) groups is 2. The van der Waals surface area contributed by atoms with Crippen LogP contribution in [-0.4, -0.2) is 48.8 Å². The molecule has 0 spiro atoms. The van der Waals surface area contributed by atoms with Gasteiger partial charge in [-0.05, 0) is 63.4 Å². The number of Topliss-reactive ketones (excluding diaryl/α,β-unsaturated/α-hetero) is 1. The van der Waals surface area contributed by atoms with Crippen LogP contribution >= 0.6 is 0 Å². The van der Waals surface area contributed by atoms with E-state index in [0.29, 0.717) is 38.2 Å². The molecule has 1 N–H and O–H groups in total. The normalized spacial score (nSPS) is 28.9. The van der Waals surface area contributed by atoms with Crippen molar-refractivity contribution in [1.29, 1.82) is 0 Å². The lowest BCUT2D eigenvalue weighted by Crippen LogP contribution is -2.33. The fraction of sp³-hybridized carbons (Fsp3) is 0.731. The van der Waals surface area contributed by atoms with Crippen molar-refractivity contribution < 1.29 is 33.6 Å². The molecule has 2 aliphatic heterocycles. The predicted molar refractivity (Wildman–Crippen MR) is 122 cm³/mol. The number of carbonyl (C=O) groups excluding carboxylic acids is 1. The van der Waals surface area contributed by atoms with Crippen molar-refractivity contribution >= 4 is 11.8 Å². The van der Waals surface area contributed by atoms with Crippen LogP contribution in [0, 0.1) is 11.8 Å². The van der Waals surface area contributed by atoms with E-state index in [1.165, 1.54) is 0 Å². The number of hydrogen-bond donors (Lipinski definition) is 1. The van der Waals surface area contributed by atoms with Crippen molar-refractivity contribution in [2.45, 2.75) is 96.2 Å². The number of carboxylic acid groups (broad SMARTS) is 1. The molecule has 5 atom stereocenters. The second kappa shape index (κ2) is 13.7. The minimum Gasteiger partial charge on any atom is -0.479 e. The van der Waals surface area contributed by atoms with Crippen LogP contribution in [0.3, 0.4) is 0 Å². The van der Waals surface area contributed by atoms with E-state index < -0.39 is 24.7 Å². The number of rotatable bonds is 11. The van der Waals surface area contributed by atoms with E-state index in [4.69, 9.17) is 18.9 Å². The first kappa shape index (κ1) is 25.7. The van der Waals surface area contributed by atoms with Crippen molar-refractivity contribution in [2.24, 2.45) is 11.8 Å². The highest BCUT2D eigenvalue weighted by Crippen LogP contribution is 2.33. The van der Waals surface area contributed by atoms with Crippen LogP contribution in [-0.2, 0) is 28.5 Å². The Labute approximate surface area is 196 Å². The zero-order chi connectivity index (χ0) is 23.5. The van der Waals surface area contributed by atoms with Gasteiger partial charge in [-0.3, -0.25) is 4.79 Å². The molecule has 7 heteroatoms. The summed E-state index contributed by atoms with van der Waals surface area (Å²) < 4.78 is 23.0. The van der Waals surface area contributed by atoms with Crippen molar-refractivity contribution in [3.63, 3.8) is 0 Å².